The Labute approximate surface area is 159 Å². The van der Waals surface area contributed by atoms with Crippen molar-refractivity contribution in [3.05, 3.63) is 23.9 Å². The third-order valence-electron chi connectivity index (χ3n) is 5.43. The van der Waals surface area contributed by atoms with Crippen molar-refractivity contribution in [2.75, 3.05) is 44.3 Å². The maximum absolute atomic E-state index is 13.3. The average molecular weight is 398 g/mol. The maximum atomic E-state index is 13.3. The highest BCUT2D eigenvalue weighted by Crippen LogP contribution is 2.33. The molecule has 0 unspecified atom stereocenters. The molecular formula is C17H26N4O5S. The molecule has 9 nitrogen and oxygen atoms in total. The molecule has 2 aliphatic heterocycles. The molecule has 0 spiro atoms. The second-order valence-corrected chi connectivity index (χ2v) is 9.06. The number of carbonyl (C=O) groups is 1. The Morgan fingerprint density at radius 2 is 1.93 bits per heavy atom. The molecule has 1 amide bonds. The van der Waals surface area contributed by atoms with Gasteiger partial charge in [-0.25, -0.2) is 18.9 Å². The molecule has 0 atom stereocenters. The molecule has 0 saturated carbocycles. The largest absolute Gasteiger partial charge is 0.381 e. The van der Waals surface area contributed by atoms with Crippen LogP contribution in [0.1, 0.15) is 25.3 Å². The summed E-state index contributed by atoms with van der Waals surface area (Å²) in [4.78, 5) is 18.8. The third kappa shape index (κ3) is 3.66. The van der Waals surface area contributed by atoms with Crippen LogP contribution in [0.3, 0.4) is 0 Å². The molecule has 1 aromatic rings. The van der Waals surface area contributed by atoms with E-state index in [1.807, 2.05) is 23.2 Å². The molecule has 10 heteroatoms. The predicted octanol–water partition coefficient (Wildman–Crippen LogP) is 0.150. The normalized spacial score (nSPS) is 21.0. The van der Waals surface area contributed by atoms with Gasteiger partial charge in [0.15, 0.2) is 4.75 Å². The smallest absolute Gasteiger partial charge is 0.266 e. The van der Waals surface area contributed by atoms with Crippen LogP contribution < -0.4 is 10.4 Å². The first-order valence-electron chi connectivity index (χ1n) is 9.16. The number of nitrogens with zero attached hydrogens (tertiary/aromatic N) is 3. The summed E-state index contributed by atoms with van der Waals surface area (Å²) in [5.74, 6) is -0.0665. The van der Waals surface area contributed by atoms with Crippen LogP contribution in [0.25, 0.3) is 0 Å². The first-order valence-corrected chi connectivity index (χ1v) is 10.6. The minimum absolute atomic E-state index is 0.0297. The summed E-state index contributed by atoms with van der Waals surface area (Å²) in [6.45, 7) is 3.91. The van der Waals surface area contributed by atoms with Gasteiger partial charge >= 0.3 is 0 Å². The second kappa shape index (κ2) is 8.09. The van der Waals surface area contributed by atoms with Gasteiger partial charge < -0.3 is 9.64 Å². The van der Waals surface area contributed by atoms with E-state index >= 15 is 0 Å². The fourth-order valence-electron chi connectivity index (χ4n) is 3.62. The van der Waals surface area contributed by atoms with Gasteiger partial charge in [0.2, 0.25) is 10.0 Å². The number of nitrogens with one attached hydrogen (secondary N) is 1. The van der Waals surface area contributed by atoms with E-state index in [1.165, 1.54) is 4.31 Å². The number of hydroxylamine groups is 1. The molecule has 3 heterocycles. The van der Waals surface area contributed by atoms with Gasteiger partial charge in [-0.1, -0.05) is 13.0 Å². The van der Waals surface area contributed by atoms with E-state index in [2.05, 4.69) is 11.9 Å². The molecule has 2 N–H and O–H groups in total. The van der Waals surface area contributed by atoms with Crippen LogP contribution in [-0.4, -0.2) is 73.0 Å². The van der Waals surface area contributed by atoms with Crippen LogP contribution in [0.15, 0.2) is 18.3 Å². The number of amides is 1. The third-order valence-corrected chi connectivity index (χ3v) is 8.06. The lowest BCUT2D eigenvalue weighted by Crippen LogP contribution is -2.62. The zero-order chi connectivity index (χ0) is 19.5. The number of hydrogen-bond acceptors (Lipinski definition) is 7. The van der Waals surface area contributed by atoms with Crippen molar-refractivity contribution in [2.45, 2.75) is 30.9 Å². The number of ether oxygens (including phenoxy) is 1. The molecule has 3 rings (SSSR count). The molecule has 27 heavy (non-hydrogen) atoms. The van der Waals surface area contributed by atoms with Gasteiger partial charge in [0, 0.05) is 58.4 Å². The van der Waals surface area contributed by atoms with E-state index in [4.69, 9.17) is 9.94 Å². The number of anilines is 1. The van der Waals surface area contributed by atoms with Crippen molar-refractivity contribution in [2.24, 2.45) is 0 Å². The van der Waals surface area contributed by atoms with Gasteiger partial charge in [-0.05, 0) is 18.1 Å². The minimum Gasteiger partial charge on any atom is -0.381 e. The minimum atomic E-state index is -3.94. The van der Waals surface area contributed by atoms with Gasteiger partial charge in [0.05, 0.1) is 0 Å². The van der Waals surface area contributed by atoms with Crippen LogP contribution >= 0.6 is 0 Å². The Morgan fingerprint density at radius 1 is 1.26 bits per heavy atom. The fourth-order valence-corrected chi connectivity index (χ4v) is 5.72. The van der Waals surface area contributed by atoms with E-state index in [1.54, 1.807) is 5.48 Å². The molecule has 2 fully saturated rings. The SMILES string of the molecule is CCc1ccc(N2CCN(S(=O)(=O)C3(C(=O)NO)CCOCC3)CC2)nc1. The number of carbonyl (C=O) groups excluding carboxylic acids is 1. The van der Waals surface area contributed by atoms with Crippen LogP contribution in [0.4, 0.5) is 5.82 Å². The van der Waals surface area contributed by atoms with Gasteiger partial charge in [-0.15, -0.1) is 0 Å². The lowest BCUT2D eigenvalue weighted by Gasteiger charge is -2.41. The Kier molecular flexibility index (Phi) is 5.99. The van der Waals surface area contributed by atoms with Gasteiger partial charge in [-0.2, -0.15) is 4.31 Å². The molecule has 0 bridgehead atoms. The van der Waals surface area contributed by atoms with E-state index in [-0.39, 0.29) is 39.1 Å². The number of piperazine rings is 1. The molecule has 2 saturated heterocycles. The molecule has 0 aromatic carbocycles. The van der Waals surface area contributed by atoms with Gasteiger partial charge in [-0.3, -0.25) is 10.0 Å². The lowest BCUT2D eigenvalue weighted by atomic mass is 9.98. The molecule has 150 valence electrons. The van der Waals surface area contributed by atoms with Crippen molar-refractivity contribution in [3.63, 3.8) is 0 Å². The molecule has 0 radical (unpaired) electrons. The zero-order valence-corrected chi connectivity index (χ0v) is 16.2. The summed E-state index contributed by atoms with van der Waals surface area (Å²) in [5.41, 5.74) is 2.69. The molecule has 1 aromatic heterocycles. The number of aromatic nitrogens is 1. The standard InChI is InChI=1S/C17H26N4O5S/c1-2-14-3-4-15(18-13-14)20-7-9-21(10-8-20)27(24,25)17(16(22)19-23)5-11-26-12-6-17/h3-4,13,23H,2,5-12H2,1H3,(H,19,22). The fraction of sp³-hybridized carbons (Fsp3) is 0.647. The summed E-state index contributed by atoms with van der Waals surface area (Å²) in [6.07, 6.45) is 2.81. The first kappa shape index (κ1) is 20.0. The summed E-state index contributed by atoms with van der Waals surface area (Å²) in [6, 6.07) is 3.97. The van der Waals surface area contributed by atoms with E-state index in [9.17, 15) is 13.2 Å². The van der Waals surface area contributed by atoms with Crippen molar-refractivity contribution >= 4 is 21.7 Å². The van der Waals surface area contributed by atoms with Crippen LogP contribution in [0.2, 0.25) is 0 Å². The summed E-state index contributed by atoms with van der Waals surface area (Å²) < 4.78 is 31.4. The Bertz CT molecular complexity index is 754. The predicted molar refractivity (Wildman–Crippen MR) is 99.0 cm³/mol. The molecule has 2 aliphatic rings. The Hall–Kier alpha value is -1.75. The number of pyridine rings is 1. The van der Waals surface area contributed by atoms with E-state index < -0.39 is 20.7 Å². The first-order chi connectivity index (χ1) is 12.9. The van der Waals surface area contributed by atoms with Crippen molar-refractivity contribution in [1.82, 2.24) is 14.8 Å². The summed E-state index contributed by atoms with van der Waals surface area (Å²) in [7, 11) is -3.94. The van der Waals surface area contributed by atoms with E-state index in [0.29, 0.717) is 13.1 Å². The average Bonchev–Trinajstić information content (AvgIpc) is 2.73. The van der Waals surface area contributed by atoms with Gasteiger partial charge in [0.25, 0.3) is 5.91 Å². The quantitative estimate of drug-likeness (QED) is 0.536. The second-order valence-electron chi connectivity index (χ2n) is 6.82. The van der Waals surface area contributed by atoms with E-state index in [0.717, 1.165) is 17.8 Å². The Balaban J connectivity index is 1.74. The van der Waals surface area contributed by atoms with Gasteiger partial charge in [0.1, 0.15) is 5.82 Å². The summed E-state index contributed by atoms with van der Waals surface area (Å²) >= 11 is 0. The summed E-state index contributed by atoms with van der Waals surface area (Å²) in [5, 5.41) is 9.11. The zero-order valence-electron chi connectivity index (χ0n) is 15.4. The maximum Gasteiger partial charge on any atom is 0.266 e. The van der Waals surface area contributed by atoms with Crippen molar-refractivity contribution in [3.8, 4) is 0 Å². The lowest BCUT2D eigenvalue weighted by molar-refractivity contribution is -0.134. The number of aryl methyl sites for hydroxylation is 1. The van der Waals surface area contributed by atoms with Crippen molar-refractivity contribution < 1.29 is 23.2 Å². The van der Waals surface area contributed by atoms with Crippen LogP contribution in [0.5, 0.6) is 0 Å². The topological polar surface area (TPSA) is 112 Å². The highest BCUT2D eigenvalue weighted by Gasteiger charge is 2.54. The number of hydrogen-bond donors (Lipinski definition) is 2. The molecule has 0 aliphatic carbocycles. The number of sulfonamides is 1. The highest BCUT2D eigenvalue weighted by molar-refractivity contribution is 7.91. The highest BCUT2D eigenvalue weighted by atomic mass is 32.2. The van der Waals surface area contributed by atoms with Crippen LogP contribution in [-0.2, 0) is 26.0 Å². The van der Waals surface area contributed by atoms with Crippen LogP contribution in [0, 0.1) is 0 Å². The van der Waals surface area contributed by atoms with Crippen molar-refractivity contribution in [1.29, 1.82) is 0 Å². The molecular weight excluding hydrogens is 372 g/mol. The Morgan fingerprint density at radius 3 is 2.44 bits per heavy atom. The monoisotopic (exact) mass is 398 g/mol. The number of rotatable bonds is 5.